The SMILES string of the molecule is O=N[O-].[C-]#N.[Co+2]. The topological polar surface area (TPSA) is 76.3 Å². The molecule has 5 heteroatoms. The predicted octanol–water partition coefficient (Wildman–Crippen LogP) is 0.344. The molecule has 0 N–H and O–H groups in total. The molecular weight excluding hydrogens is 131 g/mol. The van der Waals surface area contributed by atoms with Crippen LogP contribution in [0.4, 0.5) is 0 Å². The van der Waals surface area contributed by atoms with Crippen LogP contribution in [0, 0.1) is 21.9 Å². The third kappa shape index (κ3) is 53.6. The van der Waals surface area contributed by atoms with Crippen LogP contribution in [-0.2, 0) is 16.8 Å². The Bertz CT molecular complexity index is 35.8. The van der Waals surface area contributed by atoms with Crippen LogP contribution < -0.4 is 0 Å². The van der Waals surface area contributed by atoms with Crippen LogP contribution >= 0.6 is 0 Å². The molecule has 0 aromatic heterocycles. The molecule has 1 radical (unpaired) electrons. The maximum absolute atomic E-state index is 8.00. The number of hydrogen-bond acceptors (Lipinski definition) is 4. The van der Waals surface area contributed by atoms with Crippen molar-refractivity contribution < 1.29 is 16.8 Å². The smallest absolute Gasteiger partial charge is 0.512 e. The zero-order valence-electron chi connectivity index (χ0n) is 2.54. The first kappa shape index (κ1) is 18.2. The van der Waals surface area contributed by atoms with Crippen LogP contribution in [-0.4, -0.2) is 0 Å². The zero-order chi connectivity index (χ0) is 4.71. The molecule has 4 nitrogen and oxygen atoms in total. The summed E-state index contributed by atoms with van der Waals surface area (Å²) in [6.45, 7) is 4.75. The van der Waals surface area contributed by atoms with Gasteiger partial charge in [-0.15, -0.1) is 5.34 Å². The summed E-state index contributed by atoms with van der Waals surface area (Å²) in [6, 6.07) is 0. The van der Waals surface area contributed by atoms with Gasteiger partial charge in [-0.2, -0.15) is 0 Å². The molecular formula is CCoN2O2. The molecule has 0 atom stereocenters. The van der Waals surface area contributed by atoms with Gasteiger partial charge in [-0.1, -0.05) is 0 Å². The standard InChI is InChI=1S/CN.Co.HNO2/c1-2;;2-1-3/h;;(H,2,3)/q-1;+2;/p-1. The van der Waals surface area contributed by atoms with Crippen LogP contribution in [0.1, 0.15) is 0 Å². The van der Waals surface area contributed by atoms with E-state index in [1.54, 1.807) is 0 Å². The average molecular weight is 131 g/mol. The van der Waals surface area contributed by atoms with Gasteiger partial charge < -0.3 is 21.9 Å². The Morgan fingerprint density at radius 2 is 1.67 bits per heavy atom. The molecule has 0 saturated carbocycles. The van der Waals surface area contributed by atoms with E-state index in [0.717, 1.165) is 5.34 Å². The largest absolute Gasteiger partial charge is 2.00 e. The molecule has 35 valence electrons. The molecule has 0 aromatic carbocycles. The first-order valence-corrected chi connectivity index (χ1v) is 0.589. The van der Waals surface area contributed by atoms with Gasteiger partial charge in [0.05, 0.1) is 0 Å². The Morgan fingerprint density at radius 1 is 1.67 bits per heavy atom. The maximum Gasteiger partial charge on any atom is 2.00 e. The second-order valence-electron chi connectivity index (χ2n) is 0.0745. The molecule has 0 saturated heterocycles. The van der Waals surface area contributed by atoms with Crippen molar-refractivity contribution in [1.29, 1.82) is 5.26 Å². The summed E-state index contributed by atoms with van der Waals surface area (Å²) in [5, 5.41) is 15.2. The zero-order valence-corrected chi connectivity index (χ0v) is 3.59. The van der Waals surface area contributed by atoms with Gasteiger partial charge in [0.1, 0.15) is 0 Å². The fourth-order valence-electron chi connectivity index (χ4n) is 0. The minimum atomic E-state index is 0. The van der Waals surface area contributed by atoms with Crippen LogP contribution in [0.5, 0.6) is 0 Å². The van der Waals surface area contributed by atoms with Crippen molar-refractivity contribution in [2.75, 3.05) is 0 Å². The number of nitrogens with zero attached hydrogens (tertiary/aromatic N) is 2. The molecule has 0 aliphatic heterocycles. The van der Waals surface area contributed by atoms with E-state index < -0.39 is 0 Å². The van der Waals surface area contributed by atoms with Crippen molar-refractivity contribution in [3.05, 3.63) is 16.7 Å². The third-order valence-electron chi connectivity index (χ3n) is 0. The summed E-state index contributed by atoms with van der Waals surface area (Å²) in [6.07, 6.45) is 0. The Kier molecular flexibility index (Phi) is 977. The first-order valence-electron chi connectivity index (χ1n) is 0.589. The molecule has 0 rings (SSSR count). The van der Waals surface area contributed by atoms with E-state index >= 15 is 0 Å². The molecule has 0 bridgehead atoms. The molecule has 6 heavy (non-hydrogen) atoms. The molecule has 0 amide bonds. The van der Waals surface area contributed by atoms with Gasteiger partial charge in [-0.3, -0.25) is 0 Å². The summed E-state index contributed by atoms with van der Waals surface area (Å²) in [5.41, 5.74) is 0. The molecule has 0 spiro atoms. The summed E-state index contributed by atoms with van der Waals surface area (Å²) < 4.78 is 0. The van der Waals surface area contributed by atoms with Crippen molar-refractivity contribution in [3.63, 3.8) is 0 Å². The Labute approximate surface area is 44.9 Å². The van der Waals surface area contributed by atoms with Crippen molar-refractivity contribution in [2.45, 2.75) is 0 Å². The normalized spacial score (nSPS) is 2.33. The van der Waals surface area contributed by atoms with Gasteiger partial charge >= 0.3 is 16.8 Å². The van der Waals surface area contributed by atoms with Gasteiger partial charge in [0.15, 0.2) is 0 Å². The fraction of sp³-hybridized carbons (Fsp3) is 0. The van der Waals surface area contributed by atoms with Gasteiger partial charge in [0, 0.05) is 0 Å². The molecule has 0 aliphatic rings. The molecule has 0 fully saturated rings. The van der Waals surface area contributed by atoms with E-state index in [2.05, 4.69) is 0 Å². The summed E-state index contributed by atoms with van der Waals surface area (Å²) in [7, 11) is 0. The summed E-state index contributed by atoms with van der Waals surface area (Å²) in [5.74, 6) is 0. The van der Waals surface area contributed by atoms with Crippen molar-refractivity contribution in [1.82, 2.24) is 0 Å². The molecule has 0 heterocycles. The quantitative estimate of drug-likeness (QED) is 0.270. The van der Waals surface area contributed by atoms with Crippen LogP contribution in [0.2, 0.25) is 0 Å². The summed E-state index contributed by atoms with van der Waals surface area (Å²) in [4.78, 5) is 8.00. The van der Waals surface area contributed by atoms with E-state index in [1.807, 2.05) is 0 Å². The minimum absolute atomic E-state index is 0. The summed E-state index contributed by atoms with van der Waals surface area (Å²) >= 11 is 0. The molecule has 0 unspecified atom stereocenters. The van der Waals surface area contributed by atoms with Crippen LogP contribution in [0.15, 0.2) is 5.34 Å². The van der Waals surface area contributed by atoms with Gasteiger partial charge in [0.2, 0.25) is 0 Å². The van der Waals surface area contributed by atoms with Crippen molar-refractivity contribution in [3.8, 4) is 0 Å². The fourth-order valence-corrected chi connectivity index (χ4v) is 0. The van der Waals surface area contributed by atoms with Crippen LogP contribution in [0.25, 0.3) is 0 Å². The molecule has 0 aromatic rings. The predicted molar refractivity (Wildman–Crippen MR) is 14.1 cm³/mol. The first-order chi connectivity index (χ1) is 2.41. The van der Waals surface area contributed by atoms with Crippen LogP contribution in [0.3, 0.4) is 0 Å². The van der Waals surface area contributed by atoms with E-state index in [0.29, 0.717) is 0 Å². The van der Waals surface area contributed by atoms with E-state index in [4.69, 9.17) is 21.9 Å². The second-order valence-corrected chi connectivity index (χ2v) is 0.0745. The maximum atomic E-state index is 8.00. The Hall–Kier alpha value is -0.604. The second kappa shape index (κ2) is 323. The van der Waals surface area contributed by atoms with Gasteiger partial charge in [-0.05, 0) is 0 Å². The van der Waals surface area contributed by atoms with E-state index in [1.165, 1.54) is 0 Å². The minimum Gasteiger partial charge on any atom is -0.512 e. The Morgan fingerprint density at radius 3 is 1.67 bits per heavy atom. The number of hydrogen-bond donors (Lipinski definition) is 0. The Balaban J connectivity index is -0.0000000275. The van der Waals surface area contributed by atoms with Crippen molar-refractivity contribution in [2.24, 2.45) is 5.34 Å². The van der Waals surface area contributed by atoms with E-state index in [-0.39, 0.29) is 16.8 Å². The average Bonchev–Trinajstić information content (AvgIpc) is 1.46. The molecule has 0 aliphatic carbocycles. The van der Waals surface area contributed by atoms with Crippen molar-refractivity contribution >= 4 is 0 Å². The monoisotopic (exact) mass is 131 g/mol. The van der Waals surface area contributed by atoms with Gasteiger partial charge in [0.25, 0.3) is 0 Å². The van der Waals surface area contributed by atoms with E-state index in [9.17, 15) is 0 Å². The third-order valence-corrected chi connectivity index (χ3v) is 0. The van der Waals surface area contributed by atoms with Gasteiger partial charge in [-0.25, -0.2) is 0 Å². The number of rotatable bonds is 0.